The highest BCUT2D eigenvalue weighted by Crippen LogP contribution is 2.20. The first kappa shape index (κ1) is 19.0. The van der Waals surface area contributed by atoms with Crippen LogP contribution in [0.1, 0.15) is 21.8 Å². The molecule has 3 rings (SSSR count). The molecule has 0 aliphatic carbocycles. The van der Waals surface area contributed by atoms with Crippen molar-refractivity contribution in [3.8, 4) is 0 Å². The van der Waals surface area contributed by atoms with Gasteiger partial charge < -0.3 is 14.6 Å². The molecule has 8 nitrogen and oxygen atoms in total. The Morgan fingerprint density at radius 1 is 1.00 bits per heavy atom. The predicted octanol–water partition coefficient (Wildman–Crippen LogP) is 4.50. The molecule has 0 aliphatic heterocycles. The maximum atomic E-state index is 12.0. The van der Waals surface area contributed by atoms with Crippen LogP contribution in [0.15, 0.2) is 69.3 Å². The lowest BCUT2D eigenvalue weighted by Gasteiger charge is -2.06. The molecule has 1 aromatic heterocycles. The van der Waals surface area contributed by atoms with Crippen LogP contribution in [-0.4, -0.2) is 23.6 Å². The first-order chi connectivity index (χ1) is 13.5. The third-order valence-electron chi connectivity index (χ3n) is 3.76. The molecule has 142 valence electrons. The number of aryl methyl sites for hydroxylation is 2. The minimum Gasteiger partial charge on any atom is -0.452 e. The number of rotatable bonds is 6. The Hall–Kier alpha value is -3.81. The summed E-state index contributed by atoms with van der Waals surface area (Å²) in [6.07, 6.45) is 0. The van der Waals surface area contributed by atoms with Crippen LogP contribution in [0.25, 0.3) is 0 Å². The second-order valence-corrected chi connectivity index (χ2v) is 5.91. The molecular weight excluding hydrogens is 360 g/mol. The molecule has 1 amide bonds. The van der Waals surface area contributed by atoms with Gasteiger partial charge in [-0.3, -0.25) is 4.79 Å². The number of benzene rings is 2. The van der Waals surface area contributed by atoms with Crippen LogP contribution in [0.5, 0.6) is 0 Å². The van der Waals surface area contributed by atoms with Crippen LogP contribution in [0.2, 0.25) is 0 Å². The van der Waals surface area contributed by atoms with Gasteiger partial charge in [0.25, 0.3) is 5.91 Å². The van der Waals surface area contributed by atoms with Crippen molar-refractivity contribution in [1.29, 1.82) is 0 Å². The van der Waals surface area contributed by atoms with Gasteiger partial charge in [0.1, 0.15) is 11.3 Å². The van der Waals surface area contributed by atoms with E-state index in [9.17, 15) is 9.59 Å². The number of hydrogen-bond acceptors (Lipinski definition) is 7. The molecule has 0 atom stereocenters. The summed E-state index contributed by atoms with van der Waals surface area (Å²) in [5.74, 6) is -0.759. The summed E-state index contributed by atoms with van der Waals surface area (Å²) >= 11 is 0. The number of aromatic nitrogens is 1. The second kappa shape index (κ2) is 8.72. The number of carbonyl (C=O) groups excluding carboxylic acids is 2. The number of anilines is 1. The fraction of sp³-hybridized carbons (Fsp3) is 0.150. The number of ether oxygens (including phenoxy) is 1. The average Bonchev–Trinajstić information content (AvgIpc) is 3.05. The van der Waals surface area contributed by atoms with Crippen molar-refractivity contribution in [2.24, 2.45) is 10.2 Å². The first-order valence-corrected chi connectivity index (χ1v) is 8.49. The summed E-state index contributed by atoms with van der Waals surface area (Å²) in [6, 6.07) is 16.2. The highest BCUT2D eigenvalue weighted by atomic mass is 16.5. The number of nitrogens with zero attached hydrogens (tertiary/aromatic N) is 3. The smallest absolute Gasteiger partial charge is 0.344 e. The lowest BCUT2D eigenvalue weighted by Crippen LogP contribution is -2.21. The van der Waals surface area contributed by atoms with Crippen molar-refractivity contribution in [1.82, 2.24) is 5.16 Å². The number of azo groups is 1. The van der Waals surface area contributed by atoms with E-state index >= 15 is 0 Å². The molecule has 0 saturated carbocycles. The molecule has 3 aromatic rings. The lowest BCUT2D eigenvalue weighted by atomic mass is 10.2. The number of hydrogen-bond donors (Lipinski definition) is 1. The predicted molar refractivity (Wildman–Crippen MR) is 102 cm³/mol. The van der Waals surface area contributed by atoms with E-state index in [0.29, 0.717) is 22.8 Å². The SMILES string of the molecule is Cc1noc(C)c1C(=O)OCC(=O)Nc1ccc(N=Nc2ccccc2)cc1. The standard InChI is InChI=1S/C20H18N4O4/c1-13-19(14(2)28-24-13)20(26)27-12-18(25)21-15-8-10-17(11-9-15)23-22-16-6-4-3-5-7-16/h3-11H,12H2,1-2H3,(H,21,25). The van der Waals surface area contributed by atoms with Gasteiger partial charge in [-0.05, 0) is 50.2 Å². The van der Waals surface area contributed by atoms with Gasteiger partial charge in [-0.1, -0.05) is 23.4 Å². The van der Waals surface area contributed by atoms with Crippen LogP contribution in [0, 0.1) is 13.8 Å². The molecule has 0 bridgehead atoms. The van der Waals surface area contributed by atoms with Gasteiger partial charge in [-0.25, -0.2) is 4.79 Å². The summed E-state index contributed by atoms with van der Waals surface area (Å²) in [6.45, 7) is 2.82. The van der Waals surface area contributed by atoms with E-state index in [0.717, 1.165) is 5.69 Å². The van der Waals surface area contributed by atoms with Gasteiger partial charge in [-0.2, -0.15) is 10.2 Å². The van der Waals surface area contributed by atoms with Crippen molar-refractivity contribution < 1.29 is 18.8 Å². The van der Waals surface area contributed by atoms with Crippen molar-refractivity contribution >= 4 is 28.9 Å². The molecule has 0 radical (unpaired) electrons. The van der Waals surface area contributed by atoms with Crippen molar-refractivity contribution in [2.75, 3.05) is 11.9 Å². The molecule has 0 aliphatic rings. The van der Waals surface area contributed by atoms with E-state index in [-0.39, 0.29) is 5.56 Å². The monoisotopic (exact) mass is 378 g/mol. The van der Waals surface area contributed by atoms with Gasteiger partial charge in [0.05, 0.1) is 17.1 Å². The molecule has 1 heterocycles. The van der Waals surface area contributed by atoms with Gasteiger partial charge >= 0.3 is 5.97 Å². The number of esters is 1. The van der Waals surface area contributed by atoms with E-state index in [1.54, 1.807) is 38.1 Å². The highest BCUT2D eigenvalue weighted by molar-refractivity contribution is 5.96. The van der Waals surface area contributed by atoms with Crippen LogP contribution >= 0.6 is 0 Å². The van der Waals surface area contributed by atoms with Crippen molar-refractivity contribution in [3.05, 3.63) is 71.6 Å². The molecular formula is C20H18N4O4. The number of nitrogens with one attached hydrogen (secondary N) is 1. The van der Waals surface area contributed by atoms with Crippen LogP contribution in [0.3, 0.4) is 0 Å². The van der Waals surface area contributed by atoms with Crippen LogP contribution < -0.4 is 5.32 Å². The van der Waals surface area contributed by atoms with Gasteiger partial charge in [0.2, 0.25) is 0 Å². The molecule has 0 fully saturated rings. The largest absolute Gasteiger partial charge is 0.452 e. The normalized spacial score (nSPS) is 10.8. The zero-order valence-electron chi connectivity index (χ0n) is 15.4. The third kappa shape index (κ3) is 4.88. The molecule has 28 heavy (non-hydrogen) atoms. The third-order valence-corrected chi connectivity index (χ3v) is 3.76. The molecule has 1 N–H and O–H groups in total. The number of amides is 1. The Morgan fingerprint density at radius 2 is 1.64 bits per heavy atom. The lowest BCUT2D eigenvalue weighted by molar-refractivity contribution is -0.119. The van der Waals surface area contributed by atoms with Gasteiger partial charge in [0.15, 0.2) is 6.61 Å². The molecule has 0 unspecified atom stereocenters. The van der Waals surface area contributed by atoms with Gasteiger partial charge in [-0.15, -0.1) is 0 Å². The van der Waals surface area contributed by atoms with Gasteiger partial charge in [0, 0.05) is 5.69 Å². The molecule has 0 spiro atoms. The van der Waals surface area contributed by atoms with E-state index in [4.69, 9.17) is 9.26 Å². The van der Waals surface area contributed by atoms with E-state index < -0.39 is 18.5 Å². The zero-order chi connectivity index (χ0) is 19.9. The molecule has 2 aromatic carbocycles. The highest BCUT2D eigenvalue weighted by Gasteiger charge is 2.19. The summed E-state index contributed by atoms with van der Waals surface area (Å²) in [5.41, 5.74) is 2.60. The van der Waals surface area contributed by atoms with E-state index in [2.05, 4.69) is 20.7 Å². The maximum absolute atomic E-state index is 12.0. The second-order valence-electron chi connectivity index (χ2n) is 5.91. The summed E-state index contributed by atoms with van der Waals surface area (Å²) in [7, 11) is 0. The minimum atomic E-state index is -0.650. The average molecular weight is 378 g/mol. The Morgan fingerprint density at radius 3 is 2.25 bits per heavy atom. The fourth-order valence-corrected chi connectivity index (χ4v) is 2.40. The first-order valence-electron chi connectivity index (χ1n) is 8.49. The summed E-state index contributed by atoms with van der Waals surface area (Å²) in [5, 5.41) is 14.6. The maximum Gasteiger partial charge on any atom is 0.344 e. The van der Waals surface area contributed by atoms with Crippen LogP contribution in [0.4, 0.5) is 17.1 Å². The summed E-state index contributed by atoms with van der Waals surface area (Å²) < 4.78 is 9.92. The Bertz CT molecular complexity index is 975. The fourth-order valence-electron chi connectivity index (χ4n) is 2.40. The topological polar surface area (TPSA) is 106 Å². The number of carbonyl (C=O) groups is 2. The molecule has 0 saturated heterocycles. The quantitative estimate of drug-likeness (QED) is 0.502. The van der Waals surface area contributed by atoms with Crippen LogP contribution in [-0.2, 0) is 9.53 Å². The van der Waals surface area contributed by atoms with Crippen molar-refractivity contribution in [3.63, 3.8) is 0 Å². The Labute approximate surface area is 161 Å². The Kier molecular flexibility index (Phi) is 5.91. The van der Waals surface area contributed by atoms with E-state index in [1.165, 1.54) is 0 Å². The molecule has 8 heteroatoms. The zero-order valence-corrected chi connectivity index (χ0v) is 15.4. The Balaban J connectivity index is 1.52. The van der Waals surface area contributed by atoms with Crippen molar-refractivity contribution in [2.45, 2.75) is 13.8 Å². The van der Waals surface area contributed by atoms with E-state index in [1.807, 2.05) is 30.3 Å². The minimum absolute atomic E-state index is 0.237. The summed E-state index contributed by atoms with van der Waals surface area (Å²) in [4.78, 5) is 24.0.